The van der Waals surface area contributed by atoms with Crippen LogP contribution in [0.15, 0.2) is 36.4 Å². The van der Waals surface area contributed by atoms with Gasteiger partial charge in [0.25, 0.3) is 0 Å². The number of amides is 1. The Morgan fingerprint density at radius 1 is 1.23 bits per heavy atom. The second kappa shape index (κ2) is 8.66. The van der Waals surface area contributed by atoms with Gasteiger partial charge in [0.15, 0.2) is 11.5 Å². The number of tetrazole rings is 1. The predicted molar refractivity (Wildman–Crippen MR) is 106 cm³/mol. The largest absolute Gasteiger partial charge is 0.486 e. The third-order valence-electron chi connectivity index (χ3n) is 4.72. The Kier molecular flexibility index (Phi) is 5.80. The van der Waals surface area contributed by atoms with Crippen molar-refractivity contribution < 1.29 is 18.7 Å². The number of nitrogens with zero attached hydrogens (tertiary/aromatic N) is 4. The van der Waals surface area contributed by atoms with Crippen molar-refractivity contribution in [2.75, 3.05) is 13.2 Å². The second-order valence-electron chi connectivity index (χ2n) is 6.84. The maximum Gasteiger partial charge on any atom is 0.245 e. The molecule has 4 rings (SSSR count). The van der Waals surface area contributed by atoms with Gasteiger partial charge in [0.1, 0.15) is 30.9 Å². The van der Waals surface area contributed by atoms with Crippen LogP contribution in [0.2, 0.25) is 5.02 Å². The monoisotopic (exact) mass is 431 g/mol. The van der Waals surface area contributed by atoms with Crippen LogP contribution in [0.3, 0.4) is 0 Å². The minimum absolute atomic E-state index is 0.232. The first kappa shape index (κ1) is 20.1. The Labute approximate surface area is 176 Å². The van der Waals surface area contributed by atoms with Crippen molar-refractivity contribution >= 4 is 17.5 Å². The summed E-state index contributed by atoms with van der Waals surface area (Å²) in [6, 6.07) is 8.80. The Balaban J connectivity index is 1.51. The number of hydrogen-bond donors (Lipinski definition) is 1. The van der Waals surface area contributed by atoms with E-state index in [0.29, 0.717) is 42.0 Å². The summed E-state index contributed by atoms with van der Waals surface area (Å²) in [5, 5.41) is 14.8. The minimum atomic E-state index is -0.696. The van der Waals surface area contributed by atoms with Gasteiger partial charge < -0.3 is 14.8 Å². The van der Waals surface area contributed by atoms with E-state index in [9.17, 15) is 9.18 Å². The predicted octanol–water partition coefficient (Wildman–Crippen LogP) is 2.65. The van der Waals surface area contributed by atoms with Gasteiger partial charge in [-0.1, -0.05) is 23.7 Å². The molecule has 0 aliphatic carbocycles. The average molecular weight is 432 g/mol. The van der Waals surface area contributed by atoms with Crippen LogP contribution in [0.5, 0.6) is 11.5 Å². The van der Waals surface area contributed by atoms with Crippen molar-refractivity contribution in [3.8, 4) is 11.5 Å². The molecule has 1 amide bonds. The summed E-state index contributed by atoms with van der Waals surface area (Å²) < 4.78 is 25.8. The highest BCUT2D eigenvalue weighted by atomic mass is 35.5. The molecule has 0 saturated carbocycles. The number of rotatable bonds is 6. The van der Waals surface area contributed by atoms with Crippen molar-refractivity contribution in [3.63, 3.8) is 0 Å². The van der Waals surface area contributed by atoms with Gasteiger partial charge in [-0.05, 0) is 52.7 Å². The van der Waals surface area contributed by atoms with Crippen LogP contribution in [0, 0.1) is 12.7 Å². The Bertz CT molecular complexity index is 1060. The van der Waals surface area contributed by atoms with Gasteiger partial charge in [0, 0.05) is 13.0 Å². The fourth-order valence-corrected chi connectivity index (χ4v) is 3.52. The van der Waals surface area contributed by atoms with Gasteiger partial charge in [-0.3, -0.25) is 4.79 Å². The Morgan fingerprint density at radius 3 is 2.73 bits per heavy atom. The molecule has 2 aromatic carbocycles. The van der Waals surface area contributed by atoms with Gasteiger partial charge in [0.2, 0.25) is 5.91 Å². The number of ether oxygens (including phenoxy) is 2. The SMILES string of the molecule is Cc1nnnn1C(Cc1ccc(F)cc1)C(=O)NCc1cc(Cl)c2c(c1)OCCO2. The molecule has 2 heterocycles. The number of fused-ring (bicyclic) bond motifs is 1. The lowest BCUT2D eigenvalue weighted by Crippen LogP contribution is -2.34. The zero-order valence-corrected chi connectivity index (χ0v) is 16.9. The first-order valence-electron chi connectivity index (χ1n) is 9.36. The molecule has 1 N–H and O–H groups in total. The van der Waals surface area contributed by atoms with E-state index < -0.39 is 6.04 Å². The van der Waals surface area contributed by atoms with Gasteiger partial charge in [-0.2, -0.15) is 0 Å². The van der Waals surface area contributed by atoms with Gasteiger partial charge >= 0.3 is 0 Å². The maximum absolute atomic E-state index is 13.2. The van der Waals surface area contributed by atoms with Crippen molar-refractivity contribution in [1.82, 2.24) is 25.5 Å². The summed E-state index contributed by atoms with van der Waals surface area (Å²) in [7, 11) is 0. The van der Waals surface area contributed by atoms with Gasteiger partial charge in [-0.25, -0.2) is 9.07 Å². The molecule has 8 nitrogen and oxygen atoms in total. The molecule has 1 aromatic heterocycles. The lowest BCUT2D eigenvalue weighted by atomic mass is 10.0. The Morgan fingerprint density at radius 2 is 2.00 bits per heavy atom. The number of carbonyl (C=O) groups excluding carboxylic acids is 1. The molecule has 1 unspecified atom stereocenters. The molecule has 0 fully saturated rings. The molecule has 1 aliphatic rings. The van der Waals surface area contributed by atoms with Crippen molar-refractivity contribution in [2.24, 2.45) is 0 Å². The molecule has 1 aliphatic heterocycles. The van der Waals surface area contributed by atoms with E-state index in [-0.39, 0.29) is 18.3 Å². The zero-order valence-electron chi connectivity index (χ0n) is 16.1. The van der Waals surface area contributed by atoms with E-state index in [1.165, 1.54) is 16.8 Å². The summed E-state index contributed by atoms with van der Waals surface area (Å²) in [6.07, 6.45) is 0.305. The van der Waals surface area contributed by atoms with Crippen LogP contribution < -0.4 is 14.8 Å². The van der Waals surface area contributed by atoms with Crippen LogP contribution in [0.4, 0.5) is 4.39 Å². The van der Waals surface area contributed by atoms with E-state index in [4.69, 9.17) is 21.1 Å². The molecule has 0 bridgehead atoms. The average Bonchev–Trinajstić information content (AvgIpc) is 3.17. The lowest BCUT2D eigenvalue weighted by Gasteiger charge is -2.21. The highest BCUT2D eigenvalue weighted by molar-refractivity contribution is 6.32. The van der Waals surface area contributed by atoms with Crippen molar-refractivity contribution in [1.29, 1.82) is 0 Å². The fraction of sp³-hybridized carbons (Fsp3) is 0.300. The lowest BCUT2D eigenvalue weighted by molar-refractivity contribution is -0.124. The number of halogens is 2. The number of hydrogen-bond acceptors (Lipinski definition) is 6. The third-order valence-corrected chi connectivity index (χ3v) is 5.00. The molecule has 0 radical (unpaired) electrons. The van der Waals surface area contributed by atoms with Crippen LogP contribution in [-0.2, 0) is 17.8 Å². The zero-order chi connectivity index (χ0) is 21.1. The number of benzene rings is 2. The summed E-state index contributed by atoms with van der Waals surface area (Å²) >= 11 is 6.27. The molecular formula is C20H19ClFN5O3. The van der Waals surface area contributed by atoms with E-state index in [1.54, 1.807) is 31.2 Å². The molecule has 156 valence electrons. The van der Waals surface area contributed by atoms with Crippen LogP contribution in [0.1, 0.15) is 23.0 Å². The quantitative estimate of drug-likeness (QED) is 0.645. The molecule has 10 heteroatoms. The number of aromatic nitrogens is 4. The highest BCUT2D eigenvalue weighted by Crippen LogP contribution is 2.38. The smallest absolute Gasteiger partial charge is 0.245 e. The number of nitrogens with one attached hydrogen (secondary N) is 1. The van der Waals surface area contributed by atoms with E-state index in [0.717, 1.165) is 11.1 Å². The van der Waals surface area contributed by atoms with E-state index in [2.05, 4.69) is 20.8 Å². The highest BCUT2D eigenvalue weighted by Gasteiger charge is 2.24. The van der Waals surface area contributed by atoms with Crippen LogP contribution in [0.25, 0.3) is 0 Å². The molecule has 0 saturated heterocycles. The molecule has 3 aromatic rings. The molecule has 30 heavy (non-hydrogen) atoms. The van der Waals surface area contributed by atoms with Crippen molar-refractivity contribution in [3.05, 3.63) is 64.2 Å². The topological polar surface area (TPSA) is 91.2 Å². The molecule has 1 atom stereocenters. The summed E-state index contributed by atoms with van der Waals surface area (Å²) in [4.78, 5) is 13.0. The van der Waals surface area contributed by atoms with E-state index in [1.807, 2.05) is 0 Å². The van der Waals surface area contributed by atoms with Crippen LogP contribution >= 0.6 is 11.6 Å². The first-order chi connectivity index (χ1) is 14.5. The minimum Gasteiger partial charge on any atom is -0.486 e. The standard InChI is InChI=1S/C20H19ClFN5O3/c1-12-24-25-26-27(12)17(9-13-2-4-15(22)5-3-13)20(28)23-11-14-8-16(21)19-18(10-14)29-6-7-30-19/h2-5,8,10,17H,6-7,9,11H2,1H3,(H,23,28). The summed E-state index contributed by atoms with van der Waals surface area (Å²) in [5.74, 6) is 0.947. The van der Waals surface area contributed by atoms with Crippen LogP contribution in [-0.4, -0.2) is 39.3 Å². The normalized spacial score (nSPS) is 13.7. The van der Waals surface area contributed by atoms with Gasteiger partial charge in [0.05, 0.1) is 5.02 Å². The molecular weight excluding hydrogens is 413 g/mol. The summed E-state index contributed by atoms with van der Waals surface area (Å²) in [5.41, 5.74) is 1.56. The number of carbonyl (C=O) groups is 1. The van der Waals surface area contributed by atoms with Gasteiger partial charge in [-0.15, -0.1) is 5.10 Å². The summed E-state index contributed by atoms with van der Waals surface area (Å²) in [6.45, 7) is 2.83. The maximum atomic E-state index is 13.2. The molecule has 0 spiro atoms. The fourth-order valence-electron chi connectivity index (χ4n) is 3.23. The third kappa shape index (κ3) is 4.35. The van der Waals surface area contributed by atoms with E-state index >= 15 is 0 Å². The first-order valence-corrected chi connectivity index (χ1v) is 9.73. The second-order valence-corrected chi connectivity index (χ2v) is 7.24. The Hall–Kier alpha value is -3.20. The number of aryl methyl sites for hydroxylation is 1. The van der Waals surface area contributed by atoms with Crippen molar-refractivity contribution in [2.45, 2.75) is 25.9 Å².